The fourth-order valence-electron chi connectivity index (χ4n) is 4.05. The van der Waals surface area contributed by atoms with Crippen LogP contribution in [0, 0.1) is 6.92 Å². The van der Waals surface area contributed by atoms with E-state index in [1.165, 1.54) is 0 Å². The van der Waals surface area contributed by atoms with Crippen molar-refractivity contribution in [3.05, 3.63) is 83.4 Å². The van der Waals surface area contributed by atoms with E-state index in [0.29, 0.717) is 11.3 Å². The molecule has 3 aromatic carbocycles. The molecular formula is C26H26N2O5. The molecule has 0 bridgehead atoms. The highest BCUT2D eigenvalue weighted by atomic mass is 16.5. The number of carboxylic acids is 1. The molecule has 1 heterocycles. The van der Waals surface area contributed by atoms with Crippen LogP contribution in [0.2, 0.25) is 0 Å². The van der Waals surface area contributed by atoms with Gasteiger partial charge in [0.25, 0.3) is 5.91 Å². The van der Waals surface area contributed by atoms with E-state index in [-0.39, 0.29) is 24.1 Å². The normalized spacial score (nSPS) is 15.7. The Bertz CT molecular complexity index is 1190. The molecule has 0 saturated carbocycles. The van der Waals surface area contributed by atoms with Gasteiger partial charge in [0.2, 0.25) is 0 Å². The fourth-order valence-corrected chi connectivity index (χ4v) is 4.05. The number of nitrogens with one attached hydrogen (secondary N) is 1. The minimum Gasteiger partial charge on any atom is -0.497 e. The molecule has 1 aliphatic heterocycles. The number of fused-ring (bicyclic) bond motifs is 1. The van der Waals surface area contributed by atoms with Crippen LogP contribution in [0.15, 0.2) is 66.7 Å². The number of carbonyl (C=O) groups is 2. The quantitative estimate of drug-likeness (QED) is 0.581. The first-order valence-corrected chi connectivity index (χ1v) is 10.7. The lowest BCUT2D eigenvalue weighted by Crippen LogP contribution is -2.48. The number of anilines is 2. The predicted octanol–water partition coefficient (Wildman–Crippen LogP) is 4.48. The van der Waals surface area contributed by atoms with Gasteiger partial charge in [-0.2, -0.15) is 0 Å². The highest BCUT2D eigenvalue weighted by Gasteiger charge is 2.33. The lowest BCUT2D eigenvalue weighted by molar-refractivity contribution is -0.128. The van der Waals surface area contributed by atoms with E-state index in [9.17, 15) is 14.7 Å². The SMILES string of the molecule is COc1cccc([C@@H](C)NC(=O)C2CN(c3cccc(C(=O)O)c3C)c3ccccc3O2)c1. The molecule has 170 valence electrons. The number of rotatable bonds is 6. The molecule has 1 unspecified atom stereocenters. The van der Waals surface area contributed by atoms with E-state index in [1.54, 1.807) is 26.2 Å². The topological polar surface area (TPSA) is 88.1 Å². The molecule has 0 fully saturated rings. The van der Waals surface area contributed by atoms with Crippen LogP contribution in [-0.2, 0) is 4.79 Å². The first-order chi connectivity index (χ1) is 15.9. The average Bonchev–Trinajstić information content (AvgIpc) is 2.83. The van der Waals surface area contributed by atoms with Gasteiger partial charge in [-0.3, -0.25) is 4.79 Å². The highest BCUT2D eigenvalue weighted by molar-refractivity contribution is 5.92. The van der Waals surface area contributed by atoms with Crippen molar-refractivity contribution in [2.75, 3.05) is 18.6 Å². The Morgan fingerprint density at radius 1 is 1.09 bits per heavy atom. The van der Waals surface area contributed by atoms with Gasteiger partial charge >= 0.3 is 5.97 Å². The van der Waals surface area contributed by atoms with E-state index in [2.05, 4.69) is 5.32 Å². The molecule has 0 radical (unpaired) electrons. The second-order valence-corrected chi connectivity index (χ2v) is 7.95. The summed E-state index contributed by atoms with van der Waals surface area (Å²) in [5.41, 5.74) is 3.29. The number of carboxylic acid groups (broad SMARTS) is 1. The maximum Gasteiger partial charge on any atom is 0.336 e. The van der Waals surface area contributed by atoms with Gasteiger partial charge in [0.15, 0.2) is 6.10 Å². The number of benzene rings is 3. The van der Waals surface area contributed by atoms with Crippen molar-refractivity contribution in [3.8, 4) is 11.5 Å². The van der Waals surface area contributed by atoms with Crippen molar-refractivity contribution in [1.29, 1.82) is 0 Å². The van der Waals surface area contributed by atoms with Gasteiger partial charge in [-0.05, 0) is 61.4 Å². The van der Waals surface area contributed by atoms with Crippen molar-refractivity contribution in [2.24, 2.45) is 0 Å². The third-order valence-corrected chi connectivity index (χ3v) is 5.85. The van der Waals surface area contributed by atoms with Crippen molar-refractivity contribution in [2.45, 2.75) is 26.0 Å². The maximum atomic E-state index is 13.2. The zero-order valence-corrected chi connectivity index (χ0v) is 18.7. The summed E-state index contributed by atoms with van der Waals surface area (Å²) in [5.74, 6) is 0.0450. The zero-order chi connectivity index (χ0) is 23.5. The van der Waals surface area contributed by atoms with Crippen LogP contribution in [0.3, 0.4) is 0 Å². The van der Waals surface area contributed by atoms with E-state index in [0.717, 1.165) is 22.7 Å². The van der Waals surface area contributed by atoms with Crippen LogP contribution < -0.4 is 19.7 Å². The predicted molar refractivity (Wildman–Crippen MR) is 126 cm³/mol. The number of para-hydroxylation sites is 2. The number of aromatic carboxylic acids is 1. The molecule has 1 amide bonds. The molecular weight excluding hydrogens is 420 g/mol. The summed E-state index contributed by atoms with van der Waals surface area (Å²) in [7, 11) is 1.60. The molecule has 1 aliphatic rings. The Morgan fingerprint density at radius 2 is 1.82 bits per heavy atom. The van der Waals surface area contributed by atoms with Gasteiger partial charge in [-0.15, -0.1) is 0 Å². The molecule has 2 N–H and O–H groups in total. The monoisotopic (exact) mass is 446 g/mol. The summed E-state index contributed by atoms with van der Waals surface area (Å²) in [6.45, 7) is 3.93. The van der Waals surface area contributed by atoms with Crippen LogP contribution in [-0.4, -0.2) is 36.7 Å². The first-order valence-electron chi connectivity index (χ1n) is 10.7. The van der Waals surface area contributed by atoms with Gasteiger partial charge in [0, 0.05) is 5.69 Å². The smallest absolute Gasteiger partial charge is 0.336 e. The third kappa shape index (κ3) is 4.48. The van der Waals surface area contributed by atoms with Crippen LogP contribution in [0.5, 0.6) is 11.5 Å². The van der Waals surface area contributed by atoms with Crippen molar-refractivity contribution in [3.63, 3.8) is 0 Å². The lowest BCUT2D eigenvalue weighted by atomic mass is 10.0. The molecule has 4 rings (SSSR count). The average molecular weight is 447 g/mol. The largest absolute Gasteiger partial charge is 0.497 e. The summed E-state index contributed by atoms with van der Waals surface area (Å²) < 4.78 is 11.3. The van der Waals surface area contributed by atoms with Gasteiger partial charge < -0.3 is 24.8 Å². The summed E-state index contributed by atoms with van der Waals surface area (Å²) in [6, 6.07) is 19.9. The fraction of sp³-hybridized carbons (Fsp3) is 0.231. The summed E-state index contributed by atoms with van der Waals surface area (Å²) in [4.78, 5) is 26.8. The number of ether oxygens (including phenoxy) is 2. The second kappa shape index (κ2) is 9.24. The summed E-state index contributed by atoms with van der Waals surface area (Å²) >= 11 is 0. The van der Waals surface area contributed by atoms with E-state index >= 15 is 0 Å². The number of hydrogen-bond acceptors (Lipinski definition) is 5. The Morgan fingerprint density at radius 3 is 2.58 bits per heavy atom. The number of carbonyl (C=O) groups excluding carboxylic acids is 1. The van der Waals surface area contributed by atoms with Gasteiger partial charge in [-0.1, -0.05) is 30.3 Å². The third-order valence-electron chi connectivity index (χ3n) is 5.85. The Balaban J connectivity index is 1.62. The van der Waals surface area contributed by atoms with E-state index < -0.39 is 12.1 Å². The van der Waals surface area contributed by atoms with Gasteiger partial charge in [-0.25, -0.2) is 4.79 Å². The molecule has 3 aromatic rings. The molecule has 0 aromatic heterocycles. The number of methoxy groups -OCH3 is 1. The maximum absolute atomic E-state index is 13.2. The first kappa shape index (κ1) is 22.2. The highest BCUT2D eigenvalue weighted by Crippen LogP contribution is 2.40. The standard InChI is InChI=1S/C26H26N2O5/c1-16-20(26(30)31)10-7-12-21(16)28-15-24(33-23-13-5-4-11-22(23)28)25(29)27-17(2)18-8-6-9-19(14-18)32-3/h4-14,17,24H,15H2,1-3H3,(H,27,29)(H,30,31)/t17-,24?/m1/s1. The zero-order valence-electron chi connectivity index (χ0n) is 18.7. The minimum absolute atomic E-state index is 0.226. The van der Waals surface area contributed by atoms with Crippen LogP contribution in [0.4, 0.5) is 11.4 Å². The Labute approximate surface area is 192 Å². The van der Waals surface area contributed by atoms with Crippen molar-refractivity contribution >= 4 is 23.3 Å². The van der Waals surface area contributed by atoms with Gasteiger partial charge in [0.05, 0.1) is 30.9 Å². The number of hydrogen-bond donors (Lipinski definition) is 2. The molecule has 0 saturated heterocycles. The van der Waals surface area contributed by atoms with E-state index in [1.807, 2.05) is 66.4 Å². The molecule has 0 spiro atoms. The number of nitrogens with zero attached hydrogens (tertiary/aromatic N) is 1. The van der Waals surface area contributed by atoms with Crippen LogP contribution >= 0.6 is 0 Å². The second-order valence-electron chi connectivity index (χ2n) is 7.95. The molecule has 0 aliphatic carbocycles. The van der Waals surface area contributed by atoms with Gasteiger partial charge in [0.1, 0.15) is 11.5 Å². The van der Waals surface area contributed by atoms with Crippen molar-refractivity contribution in [1.82, 2.24) is 5.32 Å². The summed E-state index contributed by atoms with van der Waals surface area (Å²) in [6.07, 6.45) is -0.777. The van der Waals surface area contributed by atoms with E-state index in [4.69, 9.17) is 9.47 Å². The Hall–Kier alpha value is -4.00. The molecule has 33 heavy (non-hydrogen) atoms. The van der Waals surface area contributed by atoms with Crippen LogP contribution in [0.25, 0.3) is 0 Å². The van der Waals surface area contributed by atoms with Crippen LogP contribution in [0.1, 0.15) is 34.5 Å². The molecule has 7 nitrogen and oxygen atoms in total. The Kier molecular flexibility index (Phi) is 6.22. The minimum atomic E-state index is -0.989. The number of amides is 1. The molecule has 2 atom stereocenters. The lowest BCUT2D eigenvalue weighted by Gasteiger charge is -2.37. The summed E-state index contributed by atoms with van der Waals surface area (Å²) in [5, 5.41) is 12.6. The van der Waals surface area contributed by atoms with Crippen molar-refractivity contribution < 1.29 is 24.2 Å². The molecule has 7 heteroatoms.